The number of carboxylic acid groups (broad SMARTS) is 1. The second-order valence-corrected chi connectivity index (χ2v) is 7.95. The van der Waals surface area contributed by atoms with E-state index in [4.69, 9.17) is 9.84 Å². The molecule has 0 bridgehead atoms. The largest absolute Gasteiger partial charge is 0.487 e. The second-order valence-electron chi connectivity index (χ2n) is 7.42. The van der Waals surface area contributed by atoms with Crippen LogP contribution in [0.4, 0.5) is 5.69 Å². The van der Waals surface area contributed by atoms with E-state index in [-0.39, 0.29) is 18.3 Å². The van der Waals surface area contributed by atoms with Gasteiger partial charge >= 0.3 is 5.97 Å². The lowest BCUT2D eigenvalue weighted by Gasteiger charge is -2.41. The number of hydrogen-bond donors (Lipinski definition) is 2. The predicted molar refractivity (Wildman–Crippen MR) is 119 cm³/mol. The highest BCUT2D eigenvalue weighted by Gasteiger charge is 2.31. The lowest BCUT2D eigenvalue weighted by atomic mass is 9.95. The Morgan fingerprint density at radius 2 is 1.84 bits per heavy atom. The average Bonchev–Trinajstić information content (AvgIpc) is 3.23. The minimum Gasteiger partial charge on any atom is -0.487 e. The van der Waals surface area contributed by atoms with Gasteiger partial charge in [-0.3, -0.25) is 0 Å². The second kappa shape index (κ2) is 7.98. The first-order valence-corrected chi connectivity index (χ1v) is 10.6. The number of anilines is 1. The van der Waals surface area contributed by atoms with Crippen LogP contribution in [0.2, 0.25) is 0 Å². The van der Waals surface area contributed by atoms with E-state index < -0.39 is 5.97 Å². The smallest absolute Gasteiger partial charge is 0.336 e. The average molecular weight is 433 g/mol. The number of rotatable bonds is 6. The maximum atomic E-state index is 12.0. The normalized spacial score (nSPS) is 13.9. The molecule has 1 saturated heterocycles. The molecule has 1 aliphatic heterocycles. The van der Waals surface area contributed by atoms with Gasteiger partial charge in [0.25, 0.3) is 0 Å². The maximum Gasteiger partial charge on any atom is 0.336 e. The van der Waals surface area contributed by atoms with Crippen LogP contribution in [0.5, 0.6) is 5.75 Å². The summed E-state index contributed by atoms with van der Waals surface area (Å²) < 4.78 is 14.5. The molecular weight excluding hydrogens is 414 g/mol. The van der Waals surface area contributed by atoms with E-state index in [1.54, 1.807) is 12.1 Å². The highest BCUT2D eigenvalue weighted by Crippen LogP contribution is 2.38. The van der Waals surface area contributed by atoms with Gasteiger partial charge in [-0.25, -0.2) is 4.79 Å². The minimum atomic E-state index is -0.967. The molecule has 0 aliphatic carbocycles. The molecule has 0 radical (unpaired) electrons. The molecule has 2 N–H and O–H groups in total. The molecule has 0 saturated carbocycles. The summed E-state index contributed by atoms with van der Waals surface area (Å²) in [5.41, 5.74) is 4.98. The Morgan fingerprint density at radius 3 is 2.58 bits per heavy atom. The SMILES string of the molecule is O=C(O)c1cccc(N2CC(Oc3ccc(CO)cc3)C2)c1-c1ccc2nsnc2c1. The highest BCUT2D eigenvalue weighted by molar-refractivity contribution is 7.00. The number of aliphatic hydroxyl groups is 1. The van der Waals surface area contributed by atoms with Gasteiger partial charge in [-0.1, -0.05) is 24.3 Å². The number of ether oxygens (including phenoxy) is 1. The van der Waals surface area contributed by atoms with E-state index in [0.29, 0.717) is 18.7 Å². The summed E-state index contributed by atoms with van der Waals surface area (Å²) in [6.07, 6.45) is 0.00605. The number of carboxylic acids is 1. The number of aromatic carboxylic acids is 1. The van der Waals surface area contributed by atoms with E-state index in [2.05, 4.69) is 13.6 Å². The van der Waals surface area contributed by atoms with Crippen molar-refractivity contribution >= 4 is 34.4 Å². The van der Waals surface area contributed by atoms with Crippen LogP contribution in [-0.2, 0) is 6.61 Å². The molecule has 0 amide bonds. The number of aliphatic hydroxyl groups excluding tert-OH is 1. The first-order valence-electron chi connectivity index (χ1n) is 9.83. The molecule has 3 aromatic carbocycles. The molecule has 0 spiro atoms. The van der Waals surface area contributed by atoms with Crippen molar-refractivity contribution < 1.29 is 19.7 Å². The number of carbonyl (C=O) groups is 1. The van der Waals surface area contributed by atoms with Crippen LogP contribution in [0.25, 0.3) is 22.2 Å². The molecule has 5 rings (SSSR count). The van der Waals surface area contributed by atoms with E-state index in [0.717, 1.165) is 45.3 Å². The monoisotopic (exact) mass is 433 g/mol. The first-order chi connectivity index (χ1) is 15.1. The maximum absolute atomic E-state index is 12.0. The van der Waals surface area contributed by atoms with Gasteiger partial charge in [-0.05, 0) is 47.5 Å². The van der Waals surface area contributed by atoms with E-state index >= 15 is 0 Å². The topological polar surface area (TPSA) is 95.8 Å². The number of aromatic nitrogens is 2. The van der Waals surface area contributed by atoms with Crippen LogP contribution in [0.3, 0.4) is 0 Å². The molecule has 8 heteroatoms. The molecular formula is C23H19N3O4S. The van der Waals surface area contributed by atoms with Crippen molar-refractivity contribution in [3.05, 3.63) is 71.8 Å². The molecule has 0 atom stereocenters. The van der Waals surface area contributed by atoms with E-state index in [1.807, 2.05) is 48.5 Å². The first kappa shape index (κ1) is 19.5. The standard InChI is InChI=1S/C23H19N3O4S/c27-13-14-4-7-16(8-5-14)30-17-11-26(12-17)21-3-1-2-18(23(28)29)22(21)15-6-9-19-20(10-15)25-31-24-19/h1-10,17,27H,11-13H2,(H,28,29). The lowest BCUT2D eigenvalue weighted by molar-refractivity contribution is 0.0697. The zero-order chi connectivity index (χ0) is 21.4. The molecule has 7 nitrogen and oxygen atoms in total. The van der Waals surface area contributed by atoms with Crippen molar-refractivity contribution in [3.8, 4) is 16.9 Å². The highest BCUT2D eigenvalue weighted by atomic mass is 32.1. The molecule has 1 aliphatic rings. The van der Waals surface area contributed by atoms with E-state index in [1.165, 1.54) is 0 Å². The molecule has 2 heterocycles. The Kier molecular flexibility index (Phi) is 5.01. The third kappa shape index (κ3) is 3.71. The van der Waals surface area contributed by atoms with Gasteiger partial charge in [0.1, 0.15) is 22.9 Å². The van der Waals surface area contributed by atoms with Crippen LogP contribution < -0.4 is 9.64 Å². The van der Waals surface area contributed by atoms with Crippen LogP contribution >= 0.6 is 11.7 Å². The molecule has 4 aromatic rings. The molecule has 156 valence electrons. The summed E-state index contributed by atoms with van der Waals surface area (Å²) in [6.45, 7) is 1.31. The Hall–Kier alpha value is -3.49. The molecule has 31 heavy (non-hydrogen) atoms. The predicted octanol–water partition coefficient (Wildman–Crippen LogP) is 3.82. The summed E-state index contributed by atoms with van der Waals surface area (Å²) >= 11 is 1.14. The van der Waals surface area contributed by atoms with E-state index in [9.17, 15) is 9.90 Å². The van der Waals surface area contributed by atoms with Crippen LogP contribution in [0.15, 0.2) is 60.7 Å². The third-order valence-electron chi connectivity index (χ3n) is 5.41. The van der Waals surface area contributed by atoms with Gasteiger partial charge in [0, 0.05) is 11.3 Å². The van der Waals surface area contributed by atoms with Gasteiger partial charge in [0.2, 0.25) is 0 Å². The third-order valence-corrected chi connectivity index (χ3v) is 5.97. The zero-order valence-electron chi connectivity index (χ0n) is 16.4. The quantitative estimate of drug-likeness (QED) is 0.477. The number of hydrogen-bond acceptors (Lipinski definition) is 7. The summed E-state index contributed by atoms with van der Waals surface area (Å²) in [6, 6.07) is 18.4. The Balaban J connectivity index is 1.42. The zero-order valence-corrected chi connectivity index (χ0v) is 17.2. The van der Waals surface area contributed by atoms with Crippen molar-refractivity contribution in [3.63, 3.8) is 0 Å². The number of nitrogens with zero attached hydrogens (tertiary/aromatic N) is 3. The van der Waals surface area contributed by atoms with Crippen molar-refractivity contribution in [2.45, 2.75) is 12.7 Å². The minimum absolute atomic E-state index is 0.00291. The summed E-state index contributed by atoms with van der Waals surface area (Å²) in [7, 11) is 0. The van der Waals surface area contributed by atoms with Crippen molar-refractivity contribution in [2.75, 3.05) is 18.0 Å². The fourth-order valence-electron chi connectivity index (χ4n) is 3.80. The van der Waals surface area contributed by atoms with Crippen molar-refractivity contribution in [1.29, 1.82) is 0 Å². The fraction of sp³-hybridized carbons (Fsp3) is 0.174. The van der Waals surface area contributed by atoms with Gasteiger partial charge in [-0.15, -0.1) is 0 Å². The number of fused-ring (bicyclic) bond motifs is 1. The Labute approximate surface area is 182 Å². The van der Waals surface area contributed by atoms with Crippen molar-refractivity contribution in [2.24, 2.45) is 0 Å². The van der Waals surface area contributed by atoms with Crippen LogP contribution in [0.1, 0.15) is 15.9 Å². The number of benzene rings is 3. The van der Waals surface area contributed by atoms with Gasteiger partial charge in [0.05, 0.1) is 37.0 Å². The Morgan fingerprint density at radius 1 is 1.06 bits per heavy atom. The van der Waals surface area contributed by atoms with Gasteiger partial charge in [0.15, 0.2) is 0 Å². The Bertz CT molecular complexity index is 1250. The molecule has 0 unspecified atom stereocenters. The summed E-state index contributed by atoms with van der Waals surface area (Å²) in [5.74, 6) is -0.214. The summed E-state index contributed by atoms with van der Waals surface area (Å²) in [5, 5.41) is 19.0. The van der Waals surface area contributed by atoms with Crippen LogP contribution in [-0.4, -0.2) is 44.1 Å². The summed E-state index contributed by atoms with van der Waals surface area (Å²) in [4.78, 5) is 14.1. The molecule has 1 aromatic heterocycles. The molecule has 1 fully saturated rings. The fourth-order valence-corrected chi connectivity index (χ4v) is 4.32. The van der Waals surface area contributed by atoms with Gasteiger partial charge in [-0.2, -0.15) is 8.75 Å². The van der Waals surface area contributed by atoms with Gasteiger partial charge < -0.3 is 19.8 Å². The van der Waals surface area contributed by atoms with Crippen molar-refractivity contribution in [1.82, 2.24) is 8.75 Å². The van der Waals surface area contributed by atoms with Crippen LogP contribution in [0, 0.1) is 0 Å². The lowest BCUT2D eigenvalue weighted by Crippen LogP contribution is -2.54.